The van der Waals surface area contributed by atoms with Gasteiger partial charge in [0.2, 0.25) is 0 Å². The highest BCUT2D eigenvalue weighted by Crippen LogP contribution is 2.35. The monoisotopic (exact) mass is 583 g/mol. The van der Waals surface area contributed by atoms with Crippen LogP contribution in [0.2, 0.25) is 0 Å². The SMILES string of the molecule is COCC1CNCC(OCc2cc(OC)c3ccccc3c2)C1c1ccc(OCC=COCc2ccccc2OC)cc1. The Balaban J connectivity index is 1.20. The molecule has 3 unspecified atom stereocenters. The molecule has 0 radical (unpaired) electrons. The minimum atomic E-state index is -0.0125. The van der Waals surface area contributed by atoms with Gasteiger partial charge < -0.3 is 33.7 Å². The number of piperidine rings is 1. The number of ether oxygens (including phenoxy) is 6. The molecule has 0 aromatic heterocycles. The van der Waals surface area contributed by atoms with E-state index < -0.39 is 0 Å². The quantitative estimate of drug-likeness (QED) is 0.170. The molecule has 3 atom stereocenters. The molecule has 5 rings (SSSR count). The van der Waals surface area contributed by atoms with Crippen molar-refractivity contribution in [2.75, 3.05) is 47.6 Å². The molecular weight excluding hydrogens is 542 g/mol. The lowest BCUT2D eigenvalue weighted by molar-refractivity contribution is -0.0193. The van der Waals surface area contributed by atoms with E-state index in [4.69, 9.17) is 28.4 Å². The molecule has 0 saturated carbocycles. The third-order valence-electron chi connectivity index (χ3n) is 7.84. The van der Waals surface area contributed by atoms with Gasteiger partial charge in [0.05, 0.1) is 39.8 Å². The van der Waals surface area contributed by atoms with Crippen molar-refractivity contribution < 1.29 is 28.4 Å². The van der Waals surface area contributed by atoms with E-state index in [0.29, 0.717) is 26.4 Å². The number of hydrogen-bond donors (Lipinski definition) is 1. The normalized spacial score (nSPS) is 18.5. The number of nitrogens with one attached hydrogen (secondary N) is 1. The molecule has 0 amide bonds. The van der Waals surface area contributed by atoms with Gasteiger partial charge in [-0.1, -0.05) is 54.6 Å². The van der Waals surface area contributed by atoms with Crippen LogP contribution >= 0.6 is 0 Å². The zero-order valence-corrected chi connectivity index (χ0v) is 25.2. The maximum atomic E-state index is 6.60. The van der Waals surface area contributed by atoms with E-state index in [9.17, 15) is 0 Å². The van der Waals surface area contributed by atoms with Crippen molar-refractivity contribution in [2.45, 2.75) is 25.2 Å². The molecule has 1 fully saturated rings. The Bertz CT molecular complexity index is 1470. The molecule has 1 aliphatic heterocycles. The Morgan fingerprint density at radius 3 is 2.42 bits per heavy atom. The molecule has 43 heavy (non-hydrogen) atoms. The van der Waals surface area contributed by atoms with Gasteiger partial charge >= 0.3 is 0 Å². The Morgan fingerprint density at radius 2 is 1.60 bits per heavy atom. The van der Waals surface area contributed by atoms with Gasteiger partial charge in [0.25, 0.3) is 0 Å². The van der Waals surface area contributed by atoms with E-state index in [-0.39, 0.29) is 17.9 Å². The van der Waals surface area contributed by atoms with E-state index in [1.54, 1.807) is 27.6 Å². The van der Waals surface area contributed by atoms with Crippen LogP contribution in [0.1, 0.15) is 22.6 Å². The van der Waals surface area contributed by atoms with E-state index in [2.05, 4.69) is 41.7 Å². The fraction of sp³-hybridized carbons (Fsp3) is 0.333. The predicted molar refractivity (Wildman–Crippen MR) is 169 cm³/mol. The minimum Gasteiger partial charge on any atom is -0.497 e. The summed E-state index contributed by atoms with van der Waals surface area (Å²) in [7, 11) is 5.13. The summed E-state index contributed by atoms with van der Waals surface area (Å²) in [6.45, 7) is 3.64. The van der Waals surface area contributed by atoms with Gasteiger partial charge in [-0.25, -0.2) is 0 Å². The van der Waals surface area contributed by atoms with Crippen LogP contribution < -0.4 is 19.5 Å². The van der Waals surface area contributed by atoms with Gasteiger partial charge in [0.1, 0.15) is 30.5 Å². The molecule has 1 heterocycles. The second-order valence-electron chi connectivity index (χ2n) is 10.6. The molecule has 4 aromatic carbocycles. The summed E-state index contributed by atoms with van der Waals surface area (Å²) in [6.07, 6.45) is 3.51. The number of hydrogen-bond acceptors (Lipinski definition) is 7. The standard InChI is InChI=1S/C36H41NO6/c1-38-24-30-21-37-22-35(43-23-26-19-28-9-4-6-11-32(28)34(20-26)40-3)36(30)27-13-15-31(16-14-27)42-18-8-17-41-25-29-10-5-7-12-33(29)39-2/h4-17,19-20,30,35-37H,18,21-25H2,1-3H3. The molecule has 0 aliphatic carbocycles. The number of para-hydroxylation sites is 1. The van der Waals surface area contributed by atoms with E-state index in [1.807, 2.05) is 54.6 Å². The second kappa shape index (κ2) is 15.4. The fourth-order valence-corrected chi connectivity index (χ4v) is 5.78. The number of fused-ring (bicyclic) bond motifs is 1. The highest BCUT2D eigenvalue weighted by atomic mass is 16.5. The van der Waals surface area contributed by atoms with Crippen LogP contribution in [0.25, 0.3) is 10.8 Å². The summed E-state index contributed by atoms with van der Waals surface area (Å²) in [5.41, 5.74) is 3.30. The highest BCUT2D eigenvalue weighted by molar-refractivity contribution is 5.89. The van der Waals surface area contributed by atoms with Crippen molar-refractivity contribution >= 4 is 10.8 Å². The smallest absolute Gasteiger partial charge is 0.127 e. The molecule has 4 aromatic rings. The summed E-state index contributed by atoms with van der Waals surface area (Å²) in [4.78, 5) is 0. The summed E-state index contributed by atoms with van der Waals surface area (Å²) >= 11 is 0. The Morgan fingerprint density at radius 1 is 0.814 bits per heavy atom. The van der Waals surface area contributed by atoms with Crippen molar-refractivity contribution in [1.29, 1.82) is 0 Å². The topological polar surface area (TPSA) is 67.4 Å². The first kappa shape index (κ1) is 30.4. The van der Waals surface area contributed by atoms with Crippen molar-refractivity contribution in [3.8, 4) is 17.2 Å². The van der Waals surface area contributed by atoms with Gasteiger partial charge in [-0.2, -0.15) is 0 Å². The van der Waals surface area contributed by atoms with E-state index in [1.165, 1.54) is 5.56 Å². The lowest BCUT2D eigenvalue weighted by Gasteiger charge is -2.38. The molecule has 1 N–H and O–H groups in total. The third kappa shape index (κ3) is 7.87. The van der Waals surface area contributed by atoms with Crippen molar-refractivity contribution in [2.24, 2.45) is 5.92 Å². The molecule has 0 spiro atoms. The lowest BCUT2D eigenvalue weighted by Crippen LogP contribution is -2.48. The lowest BCUT2D eigenvalue weighted by atomic mass is 9.79. The van der Waals surface area contributed by atoms with Gasteiger partial charge in [0, 0.05) is 43.0 Å². The first-order valence-corrected chi connectivity index (χ1v) is 14.7. The summed E-state index contributed by atoms with van der Waals surface area (Å²) < 4.78 is 34.8. The summed E-state index contributed by atoms with van der Waals surface area (Å²) in [6, 6.07) is 28.7. The van der Waals surface area contributed by atoms with Crippen LogP contribution in [-0.4, -0.2) is 53.7 Å². The fourth-order valence-electron chi connectivity index (χ4n) is 5.78. The number of methoxy groups -OCH3 is 3. The molecule has 1 saturated heterocycles. The van der Waals surface area contributed by atoms with Crippen LogP contribution in [0, 0.1) is 5.92 Å². The van der Waals surface area contributed by atoms with Crippen LogP contribution in [0.3, 0.4) is 0 Å². The maximum absolute atomic E-state index is 6.60. The van der Waals surface area contributed by atoms with Crippen LogP contribution in [0.15, 0.2) is 97.3 Å². The highest BCUT2D eigenvalue weighted by Gasteiger charge is 2.35. The largest absolute Gasteiger partial charge is 0.497 e. The summed E-state index contributed by atoms with van der Waals surface area (Å²) in [5.74, 6) is 2.94. The van der Waals surface area contributed by atoms with Crippen LogP contribution in [0.4, 0.5) is 0 Å². The average Bonchev–Trinajstić information content (AvgIpc) is 3.05. The van der Waals surface area contributed by atoms with E-state index >= 15 is 0 Å². The molecule has 7 nitrogen and oxygen atoms in total. The van der Waals surface area contributed by atoms with Gasteiger partial charge in [-0.3, -0.25) is 0 Å². The first-order chi connectivity index (χ1) is 21.2. The van der Waals surface area contributed by atoms with Gasteiger partial charge in [0.15, 0.2) is 0 Å². The zero-order chi connectivity index (χ0) is 29.9. The molecule has 1 aliphatic rings. The van der Waals surface area contributed by atoms with Crippen molar-refractivity contribution in [3.63, 3.8) is 0 Å². The van der Waals surface area contributed by atoms with Crippen LogP contribution in [0.5, 0.6) is 17.2 Å². The maximum Gasteiger partial charge on any atom is 0.127 e. The Hall–Kier alpha value is -4.04. The van der Waals surface area contributed by atoms with Gasteiger partial charge in [-0.05, 0) is 52.9 Å². The first-order valence-electron chi connectivity index (χ1n) is 14.7. The minimum absolute atomic E-state index is 0.0125. The van der Waals surface area contributed by atoms with Crippen molar-refractivity contribution in [1.82, 2.24) is 5.32 Å². The second-order valence-corrected chi connectivity index (χ2v) is 10.6. The average molecular weight is 584 g/mol. The third-order valence-corrected chi connectivity index (χ3v) is 7.84. The Kier molecular flexibility index (Phi) is 10.9. The molecule has 226 valence electrons. The van der Waals surface area contributed by atoms with E-state index in [0.717, 1.165) is 52.2 Å². The number of rotatable bonds is 14. The zero-order valence-electron chi connectivity index (χ0n) is 25.2. The van der Waals surface area contributed by atoms with Crippen LogP contribution in [-0.2, 0) is 27.4 Å². The Labute approximate surface area is 254 Å². The predicted octanol–water partition coefficient (Wildman–Crippen LogP) is 6.50. The number of benzene rings is 4. The molecule has 7 heteroatoms. The molecule has 0 bridgehead atoms. The summed E-state index contributed by atoms with van der Waals surface area (Å²) in [5, 5.41) is 5.79. The van der Waals surface area contributed by atoms with Gasteiger partial charge in [-0.15, -0.1) is 0 Å². The van der Waals surface area contributed by atoms with Crippen molar-refractivity contribution in [3.05, 3.63) is 114 Å². The molecular formula is C36H41NO6.